The van der Waals surface area contributed by atoms with Gasteiger partial charge in [0.25, 0.3) is 0 Å². The first kappa shape index (κ1) is 28.9. The maximum absolute atomic E-state index is 7.57. The number of thiophene rings is 1. The summed E-state index contributed by atoms with van der Waals surface area (Å²) >= 11 is 1.84. The van der Waals surface area contributed by atoms with E-state index in [1.54, 1.807) is 0 Å². The van der Waals surface area contributed by atoms with Gasteiger partial charge >= 0.3 is 0 Å². The van der Waals surface area contributed by atoms with Gasteiger partial charge in [0.1, 0.15) is 0 Å². The molecule has 232 valence electrons. The van der Waals surface area contributed by atoms with Gasteiger partial charge in [-0.3, -0.25) is 4.99 Å². The van der Waals surface area contributed by atoms with Crippen LogP contribution in [-0.2, 0) is 18.4 Å². The predicted octanol–water partition coefficient (Wildman–Crippen LogP) is 10.9. The van der Waals surface area contributed by atoms with Crippen molar-refractivity contribution in [3.63, 3.8) is 0 Å². The second kappa shape index (κ2) is 11.4. The highest BCUT2D eigenvalue weighted by Gasteiger charge is 2.31. The topological polar surface area (TPSA) is 43.3 Å². The Morgan fingerprint density at radius 1 is 0.771 bits per heavy atom. The number of benzene rings is 5. The number of hydrogen-bond acceptors (Lipinski definition) is 3. The average molecular weight is 638 g/mol. The highest BCUT2D eigenvalue weighted by atomic mass is 32.1. The first-order valence-electron chi connectivity index (χ1n) is 16.7. The molecule has 0 saturated heterocycles. The average Bonchev–Trinajstić information content (AvgIpc) is 3.78. The maximum Gasteiger partial charge on any atom is 0.0877 e. The summed E-state index contributed by atoms with van der Waals surface area (Å²) < 4.78 is 3.85. The molecule has 0 fully saturated rings. The molecule has 0 radical (unpaired) electrons. The van der Waals surface area contributed by atoms with E-state index in [2.05, 4.69) is 119 Å². The van der Waals surface area contributed by atoms with Crippen molar-refractivity contribution in [2.75, 3.05) is 0 Å². The Bertz CT molecular complexity index is 2480. The zero-order valence-electron chi connectivity index (χ0n) is 26.7. The molecule has 0 amide bonds. The molecule has 2 aliphatic rings. The van der Waals surface area contributed by atoms with Crippen molar-refractivity contribution in [2.45, 2.75) is 31.2 Å². The zero-order chi connectivity index (χ0) is 32.2. The van der Waals surface area contributed by atoms with Crippen molar-refractivity contribution in [1.82, 2.24) is 4.57 Å². The Morgan fingerprint density at radius 3 is 2.25 bits per heavy atom. The fourth-order valence-corrected chi connectivity index (χ4v) is 8.94. The SMILES string of the molecule is C=N/C(=C\C(N)(c1ccccc1)c1cccc(-n2c3ccc4ccsc4c3c3c4c(c5c(c32)C=CCC5)CCC=C4)c1)c1ccccc1. The molecular weight excluding hydrogens is 603 g/mol. The molecule has 2 heterocycles. The van der Waals surface area contributed by atoms with Crippen LogP contribution in [0.4, 0.5) is 0 Å². The molecule has 48 heavy (non-hydrogen) atoms. The molecular formula is C44H35N3S. The molecule has 0 bridgehead atoms. The molecule has 4 heteroatoms. The summed E-state index contributed by atoms with van der Waals surface area (Å²) in [5.74, 6) is 0. The fourth-order valence-electron chi connectivity index (χ4n) is 7.99. The molecule has 2 aromatic heterocycles. The van der Waals surface area contributed by atoms with Crippen molar-refractivity contribution >= 4 is 67.8 Å². The first-order valence-corrected chi connectivity index (χ1v) is 17.6. The van der Waals surface area contributed by atoms with Crippen LogP contribution in [0.15, 0.2) is 132 Å². The minimum atomic E-state index is -0.968. The predicted molar refractivity (Wildman–Crippen MR) is 206 cm³/mol. The number of rotatable bonds is 6. The lowest BCUT2D eigenvalue weighted by molar-refractivity contribution is 0.681. The van der Waals surface area contributed by atoms with Gasteiger partial charge in [-0.15, -0.1) is 11.3 Å². The van der Waals surface area contributed by atoms with Crippen LogP contribution >= 0.6 is 11.3 Å². The quantitative estimate of drug-likeness (QED) is 0.181. The minimum absolute atomic E-state index is 0.752. The van der Waals surface area contributed by atoms with Gasteiger partial charge in [-0.05, 0) is 107 Å². The van der Waals surface area contributed by atoms with E-state index in [9.17, 15) is 0 Å². The van der Waals surface area contributed by atoms with Gasteiger partial charge in [-0.1, -0.05) is 103 Å². The Kier molecular flexibility index (Phi) is 6.89. The Hall–Kier alpha value is -5.29. The smallest absolute Gasteiger partial charge is 0.0877 e. The van der Waals surface area contributed by atoms with E-state index in [1.165, 1.54) is 54.1 Å². The summed E-state index contributed by atoms with van der Waals surface area (Å²) in [7, 11) is 0. The van der Waals surface area contributed by atoms with Gasteiger partial charge in [-0.2, -0.15) is 0 Å². The van der Waals surface area contributed by atoms with Gasteiger partial charge in [0, 0.05) is 26.7 Å². The van der Waals surface area contributed by atoms with E-state index in [4.69, 9.17) is 5.73 Å². The summed E-state index contributed by atoms with van der Waals surface area (Å²) in [6, 6.07) is 36.1. The van der Waals surface area contributed by atoms with Crippen LogP contribution < -0.4 is 5.73 Å². The number of aliphatic imine (C=N–C) groups is 1. The second-order valence-corrected chi connectivity index (χ2v) is 13.8. The highest BCUT2D eigenvalue weighted by Crippen LogP contribution is 2.47. The number of fused-ring (bicyclic) bond motifs is 10. The van der Waals surface area contributed by atoms with Crippen molar-refractivity contribution < 1.29 is 0 Å². The van der Waals surface area contributed by atoms with Gasteiger partial charge in [0.15, 0.2) is 0 Å². The number of nitrogens with zero attached hydrogens (tertiary/aromatic N) is 2. The van der Waals surface area contributed by atoms with Crippen molar-refractivity contribution in [1.29, 1.82) is 0 Å². The standard InChI is InChI=1S/C44H35N3S/c1-46-38(29-13-4-2-5-14-29)28-44(45,31-15-6-3-7-16-31)32-17-12-18-33(27-32)47-39-24-23-30-25-26-48-43(30)41(39)40-36-21-10-8-19-34(36)35-20-9-11-22-37(35)42(40)47/h2-7,10-18,21-28H,1,8-9,19-20,45H2/b38-28-. The lowest BCUT2D eigenvalue weighted by Crippen LogP contribution is -2.36. The van der Waals surface area contributed by atoms with Gasteiger partial charge < -0.3 is 10.3 Å². The third kappa shape index (κ3) is 4.41. The molecule has 5 aromatic carbocycles. The van der Waals surface area contributed by atoms with Crippen molar-refractivity contribution in [2.24, 2.45) is 10.7 Å². The van der Waals surface area contributed by atoms with Crippen LogP contribution in [0.2, 0.25) is 0 Å². The summed E-state index contributed by atoms with van der Waals surface area (Å²) in [6.07, 6.45) is 15.9. The second-order valence-electron chi connectivity index (χ2n) is 12.9. The number of aromatic nitrogens is 1. The lowest BCUT2D eigenvalue weighted by Gasteiger charge is -2.29. The monoisotopic (exact) mass is 637 g/mol. The molecule has 1 atom stereocenters. The fraction of sp³-hybridized carbons (Fsp3) is 0.114. The molecule has 1 unspecified atom stereocenters. The number of hydrogen-bond donors (Lipinski definition) is 1. The molecule has 9 rings (SSSR count). The molecule has 2 aliphatic carbocycles. The van der Waals surface area contributed by atoms with Crippen LogP contribution in [-0.4, -0.2) is 11.3 Å². The van der Waals surface area contributed by atoms with Crippen LogP contribution in [0.5, 0.6) is 0 Å². The summed E-state index contributed by atoms with van der Waals surface area (Å²) in [4.78, 5) is 4.47. The van der Waals surface area contributed by atoms with E-state index in [-0.39, 0.29) is 0 Å². The van der Waals surface area contributed by atoms with Gasteiger partial charge in [0.2, 0.25) is 0 Å². The molecule has 3 nitrogen and oxygen atoms in total. The van der Waals surface area contributed by atoms with Crippen LogP contribution in [0.1, 0.15) is 51.8 Å². The van der Waals surface area contributed by atoms with Crippen molar-refractivity contribution in [3.8, 4) is 5.69 Å². The lowest BCUT2D eigenvalue weighted by atomic mass is 9.82. The van der Waals surface area contributed by atoms with Crippen molar-refractivity contribution in [3.05, 3.63) is 166 Å². The molecule has 7 aromatic rings. The van der Waals surface area contributed by atoms with Crippen LogP contribution in [0, 0.1) is 0 Å². The van der Waals surface area contributed by atoms with E-state index >= 15 is 0 Å². The first-order chi connectivity index (χ1) is 23.7. The van der Waals surface area contributed by atoms with E-state index in [0.717, 1.165) is 53.8 Å². The third-order valence-corrected chi connectivity index (χ3v) is 11.2. The number of nitrogens with two attached hydrogens (primary N) is 1. The van der Waals surface area contributed by atoms with E-state index in [1.807, 2.05) is 47.7 Å². The van der Waals surface area contributed by atoms with E-state index in [0.29, 0.717) is 0 Å². The van der Waals surface area contributed by atoms with Crippen LogP contribution in [0.25, 0.3) is 55.4 Å². The Balaban J connectivity index is 1.37. The molecule has 0 spiro atoms. The van der Waals surface area contributed by atoms with Gasteiger partial charge in [0.05, 0.1) is 22.3 Å². The molecule has 0 saturated carbocycles. The normalized spacial score (nSPS) is 15.5. The molecule has 2 N–H and O–H groups in total. The van der Waals surface area contributed by atoms with Crippen LogP contribution in [0.3, 0.4) is 0 Å². The van der Waals surface area contributed by atoms with E-state index < -0.39 is 5.54 Å². The summed E-state index contributed by atoms with van der Waals surface area (Å²) in [5, 5.41) is 6.23. The molecule has 0 aliphatic heterocycles. The zero-order valence-corrected chi connectivity index (χ0v) is 27.5. The summed E-state index contributed by atoms with van der Waals surface area (Å²) in [6.45, 7) is 3.94. The summed E-state index contributed by atoms with van der Waals surface area (Å²) in [5.41, 5.74) is 19.7. The number of allylic oxidation sites excluding steroid dienone is 2. The Labute approximate surface area is 284 Å². The maximum atomic E-state index is 7.57. The Morgan fingerprint density at radius 2 is 1.48 bits per heavy atom. The minimum Gasteiger partial charge on any atom is -0.314 e. The highest BCUT2D eigenvalue weighted by molar-refractivity contribution is 7.18. The van der Waals surface area contributed by atoms with Gasteiger partial charge in [-0.25, -0.2) is 0 Å². The third-order valence-electron chi connectivity index (χ3n) is 10.2. The largest absolute Gasteiger partial charge is 0.314 e.